The zero-order valence-corrected chi connectivity index (χ0v) is 14.9. The number of aliphatic hydroxyl groups is 1. The Hall–Kier alpha value is -1.85. The minimum Gasteiger partial charge on any atom is -0.391 e. The van der Waals surface area contributed by atoms with E-state index in [1.165, 1.54) is 0 Å². The third kappa shape index (κ3) is 3.19. The van der Waals surface area contributed by atoms with Crippen molar-refractivity contribution in [1.29, 1.82) is 0 Å². The maximum atomic E-state index is 13.0. The summed E-state index contributed by atoms with van der Waals surface area (Å²) in [5.41, 5.74) is 1.60. The van der Waals surface area contributed by atoms with E-state index < -0.39 is 6.10 Å². The van der Waals surface area contributed by atoms with Crippen LogP contribution in [0.2, 0.25) is 5.02 Å². The molecule has 24 heavy (non-hydrogen) atoms. The maximum Gasteiger partial charge on any atom is 0.257 e. The summed E-state index contributed by atoms with van der Waals surface area (Å²) >= 11 is 6.33. The molecule has 1 aromatic carbocycles. The third-order valence-electron chi connectivity index (χ3n) is 4.21. The van der Waals surface area contributed by atoms with Crippen molar-refractivity contribution in [3.63, 3.8) is 0 Å². The van der Waals surface area contributed by atoms with Crippen molar-refractivity contribution in [2.24, 2.45) is 0 Å². The lowest BCUT2D eigenvalue weighted by atomic mass is 10.1. The van der Waals surface area contributed by atoms with Gasteiger partial charge in [0.1, 0.15) is 5.69 Å². The molecule has 1 fully saturated rings. The number of halogens is 1. The fourth-order valence-electron chi connectivity index (χ4n) is 2.82. The van der Waals surface area contributed by atoms with Crippen molar-refractivity contribution in [3.8, 4) is 11.3 Å². The molecule has 0 spiro atoms. The van der Waals surface area contributed by atoms with Gasteiger partial charge in [-0.25, -0.2) is 0 Å². The van der Waals surface area contributed by atoms with Gasteiger partial charge in [0.05, 0.1) is 22.2 Å². The highest BCUT2D eigenvalue weighted by molar-refractivity contribution is 6.33. The third-order valence-corrected chi connectivity index (χ3v) is 4.54. The number of nitrogens with zero attached hydrogens (tertiary/aromatic N) is 3. The van der Waals surface area contributed by atoms with Crippen molar-refractivity contribution in [1.82, 2.24) is 14.7 Å². The number of carbonyl (C=O) groups excluding carboxylic acids is 1. The van der Waals surface area contributed by atoms with E-state index in [-0.39, 0.29) is 11.4 Å². The highest BCUT2D eigenvalue weighted by Gasteiger charge is 2.30. The zero-order chi connectivity index (χ0) is 17.5. The molecule has 0 bridgehead atoms. The molecule has 1 atom stereocenters. The molecule has 3 rings (SSSR count). The number of rotatable bonds is 2. The fourth-order valence-corrected chi connectivity index (χ4v) is 3.05. The lowest BCUT2D eigenvalue weighted by molar-refractivity contribution is 0.0765. The van der Waals surface area contributed by atoms with Gasteiger partial charge in [-0.2, -0.15) is 5.10 Å². The predicted molar refractivity (Wildman–Crippen MR) is 94.2 cm³/mol. The summed E-state index contributed by atoms with van der Waals surface area (Å²) in [7, 11) is 0. The topological polar surface area (TPSA) is 58.4 Å². The van der Waals surface area contributed by atoms with E-state index in [1.54, 1.807) is 21.8 Å². The van der Waals surface area contributed by atoms with Crippen molar-refractivity contribution in [2.45, 2.75) is 38.8 Å². The van der Waals surface area contributed by atoms with Gasteiger partial charge in [-0.05, 0) is 33.3 Å². The van der Waals surface area contributed by atoms with Gasteiger partial charge in [0.15, 0.2) is 0 Å². The Kier molecular flexibility index (Phi) is 4.40. The van der Waals surface area contributed by atoms with Gasteiger partial charge >= 0.3 is 0 Å². The maximum absolute atomic E-state index is 13.0. The first-order chi connectivity index (χ1) is 11.3. The molecule has 128 valence electrons. The van der Waals surface area contributed by atoms with Crippen molar-refractivity contribution >= 4 is 17.5 Å². The molecule has 0 unspecified atom stereocenters. The van der Waals surface area contributed by atoms with Crippen LogP contribution in [0.3, 0.4) is 0 Å². The Balaban J connectivity index is 2.09. The van der Waals surface area contributed by atoms with Crippen molar-refractivity contribution < 1.29 is 9.90 Å². The normalized spacial score (nSPS) is 18.2. The van der Waals surface area contributed by atoms with Crippen LogP contribution in [0.4, 0.5) is 0 Å². The van der Waals surface area contributed by atoms with Crippen LogP contribution >= 0.6 is 11.6 Å². The number of carbonyl (C=O) groups is 1. The molecule has 2 heterocycles. The smallest absolute Gasteiger partial charge is 0.257 e. The number of aromatic nitrogens is 2. The molecule has 1 aromatic heterocycles. The number of hydrogen-bond acceptors (Lipinski definition) is 3. The number of likely N-dealkylation sites (tertiary alicyclic amines) is 1. The van der Waals surface area contributed by atoms with E-state index in [9.17, 15) is 9.90 Å². The lowest BCUT2D eigenvalue weighted by Gasteiger charge is -2.19. The van der Waals surface area contributed by atoms with Crippen LogP contribution < -0.4 is 0 Å². The number of amides is 1. The second-order valence-electron chi connectivity index (χ2n) is 7.18. The fraction of sp³-hybridized carbons (Fsp3) is 0.444. The molecule has 2 aromatic rings. The molecule has 1 saturated heterocycles. The Morgan fingerprint density at radius 3 is 2.62 bits per heavy atom. The summed E-state index contributed by atoms with van der Waals surface area (Å²) in [5.74, 6) is -0.114. The first-order valence-corrected chi connectivity index (χ1v) is 8.47. The molecular weight excluding hydrogens is 326 g/mol. The van der Waals surface area contributed by atoms with Gasteiger partial charge in [-0.3, -0.25) is 9.48 Å². The molecule has 0 aliphatic carbocycles. The summed E-state index contributed by atoms with van der Waals surface area (Å²) in [6, 6.07) is 7.39. The van der Waals surface area contributed by atoms with Crippen LogP contribution in [0.25, 0.3) is 11.3 Å². The average molecular weight is 348 g/mol. The minimum atomic E-state index is -0.449. The average Bonchev–Trinajstić information content (AvgIpc) is 3.13. The summed E-state index contributed by atoms with van der Waals surface area (Å²) < 4.78 is 1.80. The molecule has 0 saturated carbocycles. The molecule has 1 aliphatic heterocycles. The molecule has 0 radical (unpaired) electrons. The second-order valence-corrected chi connectivity index (χ2v) is 7.59. The van der Waals surface area contributed by atoms with Crippen LogP contribution in [0.1, 0.15) is 37.6 Å². The Bertz CT molecular complexity index is 764. The van der Waals surface area contributed by atoms with Gasteiger partial charge in [0.25, 0.3) is 5.91 Å². The summed E-state index contributed by atoms with van der Waals surface area (Å²) in [4.78, 5) is 14.6. The van der Waals surface area contributed by atoms with E-state index in [4.69, 9.17) is 11.6 Å². The van der Waals surface area contributed by atoms with Crippen LogP contribution in [0, 0.1) is 0 Å². The lowest BCUT2D eigenvalue weighted by Crippen LogP contribution is -2.29. The standard InChI is InChI=1S/C18H22ClN3O2/c1-18(2,3)22-11-14(17(24)21-9-8-12(23)10-21)16(20-22)13-6-4-5-7-15(13)19/h4-7,11-12,23H,8-10H2,1-3H3/t12-/m1/s1. The SMILES string of the molecule is CC(C)(C)n1cc(C(=O)N2CC[C@@H](O)C2)c(-c2ccccc2Cl)n1. The van der Waals surface area contributed by atoms with E-state index >= 15 is 0 Å². The Morgan fingerprint density at radius 1 is 1.33 bits per heavy atom. The van der Waals surface area contributed by atoms with Gasteiger partial charge in [-0.15, -0.1) is 0 Å². The zero-order valence-electron chi connectivity index (χ0n) is 14.2. The summed E-state index contributed by atoms with van der Waals surface area (Å²) in [6.07, 6.45) is 1.95. The Morgan fingerprint density at radius 2 is 2.04 bits per heavy atom. The monoisotopic (exact) mass is 347 g/mol. The highest BCUT2D eigenvalue weighted by atomic mass is 35.5. The minimum absolute atomic E-state index is 0.114. The van der Waals surface area contributed by atoms with Crippen molar-refractivity contribution in [2.75, 3.05) is 13.1 Å². The molecule has 6 heteroatoms. The van der Waals surface area contributed by atoms with Crippen LogP contribution in [0.15, 0.2) is 30.5 Å². The van der Waals surface area contributed by atoms with Gasteiger partial charge in [0, 0.05) is 24.8 Å². The molecule has 1 amide bonds. The summed E-state index contributed by atoms with van der Waals surface area (Å²) in [6.45, 7) is 7.02. The van der Waals surface area contributed by atoms with Crippen LogP contribution in [-0.2, 0) is 5.54 Å². The first kappa shape index (κ1) is 17.0. The quantitative estimate of drug-likeness (QED) is 0.907. The van der Waals surface area contributed by atoms with Gasteiger partial charge < -0.3 is 10.0 Å². The number of β-amino-alcohol motifs (C(OH)–C–C–N with tert-alkyl or cyclic N) is 1. The van der Waals surface area contributed by atoms with Crippen LogP contribution in [-0.4, -0.2) is 44.9 Å². The predicted octanol–water partition coefficient (Wildman–Crippen LogP) is 3.17. The van der Waals surface area contributed by atoms with E-state index in [2.05, 4.69) is 5.10 Å². The molecular formula is C18H22ClN3O2. The second kappa shape index (κ2) is 6.22. The van der Waals surface area contributed by atoms with E-state index in [0.29, 0.717) is 35.8 Å². The van der Waals surface area contributed by atoms with E-state index in [1.807, 2.05) is 39.0 Å². The largest absolute Gasteiger partial charge is 0.391 e. The molecule has 1 N–H and O–H groups in total. The van der Waals surface area contributed by atoms with E-state index in [0.717, 1.165) is 5.56 Å². The van der Waals surface area contributed by atoms with Crippen molar-refractivity contribution in [3.05, 3.63) is 41.0 Å². The first-order valence-electron chi connectivity index (χ1n) is 8.10. The number of aliphatic hydroxyl groups excluding tert-OH is 1. The highest BCUT2D eigenvalue weighted by Crippen LogP contribution is 2.31. The Labute approximate surface area is 146 Å². The molecule has 5 nitrogen and oxygen atoms in total. The molecule has 1 aliphatic rings. The number of hydrogen-bond donors (Lipinski definition) is 1. The van der Waals surface area contributed by atoms with Gasteiger partial charge in [-0.1, -0.05) is 29.8 Å². The van der Waals surface area contributed by atoms with Gasteiger partial charge in [0.2, 0.25) is 0 Å². The summed E-state index contributed by atoms with van der Waals surface area (Å²) in [5, 5.41) is 14.9. The number of benzene rings is 1. The van der Waals surface area contributed by atoms with Crippen LogP contribution in [0.5, 0.6) is 0 Å².